The molecular weight excluding hydrogens is 478 g/mol. The fourth-order valence-electron chi connectivity index (χ4n) is 6.53. The molecule has 204 valence electrons. The highest BCUT2D eigenvalue weighted by Crippen LogP contribution is 2.57. The molecule has 2 aromatic carbocycles. The second-order valence-corrected chi connectivity index (χ2v) is 11.5. The zero-order valence-electron chi connectivity index (χ0n) is 22.5. The Morgan fingerprint density at radius 2 is 1.74 bits per heavy atom. The molecule has 1 fully saturated rings. The predicted molar refractivity (Wildman–Crippen MR) is 148 cm³/mol. The SMILES string of the molecule is CC(C)(N)C(=O)N[C@H](CCCc1ccccc1)C(=O)C1C(CCC(=O)O)c2ccccc2C12CCNCC2. The van der Waals surface area contributed by atoms with Gasteiger partial charge >= 0.3 is 5.97 Å². The highest BCUT2D eigenvalue weighted by molar-refractivity contribution is 5.95. The van der Waals surface area contributed by atoms with Crippen molar-refractivity contribution in [3.8, 4) is 0 Å². The molecule has 2 aliphatic rings. The van der Waals surface area contributed by atoms with E-state index in [9.17, 15) is 19.5 Å². The maximum absolute atomic E-state index is 14.6. The highest BCUT2D eigenvalue weighted by atomic mass is 16.4. The average Bonchev–Trinajstić information content (AvgIpc) is 3.15. The van der Waals surface area contributed by atoms with Gasteiger partial charge in [0.25, 0.3) is 0 Å². The minimum absolute atomic E-state index is 0.00201. The molecule has 7 heteroatoms. The van der Waals surface area contributed by atoms with E-state index in [4.69, 9.17) is 5.73 Å². The summed E-state index contributed by atoms with van der Waals surface area (Å²) in [5.74, 6) is -1.81. The van der Waals surface area contributed by atoms with E-state index in [2.05, 4.69) is 34.9 Å². The van der Waals surface area contributed by atoms with Crippen LogP contribution in [0.2, 0.25) is 0 Å². The highest BCUT2D eigenvalue weighted by Gasteiger charge is 2.56. The number of rotatable bonds is 11. The number of hydrogen-bond acceptors (Lipinski definition) is 5. The van der Waals surface area contributed by atoms with E-state index >= 15 is 0 Å². The number of piperidine rings is 1. The molecule has 1 aliphatic heterocycles. The molecule has 4 rings (SSSR count). The molecular formula is C31H41N3O4. The molecule has 0 radical (unpaired) electrons. The molecule has 3 atom stereocenters. The third kappa shape index (κ3) is 6.00. The standard InChI is InChI=1S/C31H41N3O4/c1-30(2,32)29(38)34-25(14-8-11-21-9-4-3-5-10-21)28(37)27-23(15-16-26(35)36)22-12-6-7-13-24(22)31(27)17-19-33-20-18-31/h3-7,9-10,12-13,23,25,27,33H,8,11,14-20,32H2,1-2H3,(H,34,38)(H,35,36)/t23?,25-,27?/m1/s1. The van der Waals surface area contributed by atoms with Gasteiger partial charge in [0.2, 0.25) is 5.91 Å². The Labute approximate surface area is 225 Å². The number of nitrogens with two attached hydrogens (primary N) is 1. The lowest BCUT2D eigenvalue weighted by Crippen LogP contribution is -2.57. The van der Waals surface area contributed by atoms with Gasteiger partial charge in [-0.05, 0) is 88.1 Å². The van der Waals surface area contributed by atoms with Gasteiger partial charge in [0.1, 0.15) is 0 Å². The third-order valence-electron chi connectivity index (χ3n) is 8.40. The molecule has 7 nitrogen and oxygen atoms in total. The number of benzene rings is 2. The number of carbonyl (C=O) groups excluding carboxylic acids is 2. The first-order valence-electron chi connectivity index (χ1n) is 13.8. The van der Waals surface area contributed by atoms with Crippen LogP contribution in [-0.2, 0) is 26.2 Å². The minimum atomic E-state index is -1.12. The number of aryl methyl sites for hydroxylation is 1. The summed E-state index contributed by atoms with van der Waals surface area (Å²) >= 11 is 0. The Balaban J connectivity index is 1.68. The van der Waals surface area contributed by atoms with Crippen molar-refractivity contribution < 1.29 is 19.5 Å². The van der Waals surface area contributed by atoms with Gasteiger partial charge in [0.15, 0.2) is 5.78 Å². The predicted octanol–water partition coefficient (Wildman–Crippen LogP) is 3.70. The number of aliphatic carboxylic acids is 1. The van der Waals surface area contributed by atoms with E-state index < -0.39 is 23.5 Å². The normalized spacial score (nSPS) is 21.0. The lowest BCUT2D eigenvalue weighted by molar-refractivity contribution is -0.138. The molecule has 1 amide bonds. The first kappa shape index (κ1) is 28.0. The molecule has 2 aromatic rings. The average molecular weight is 520 g/mol. The summed E-state index contributed by atoms with van der Waals surface area (Å²) in [4.78, 5) is 39.3. The van der Waals surface area contributed by atoms with Crippen LogP contribution >= 0.6 is 0 Å². The molecule has 1 spiro atoms. The Hall–Kier alpha value is -3.03. The number of fused-ring (bicyclic) bond motifs is 2. The topological polar surface area (TPSA) is 122 Å². The lowest BCUT2D eigenvalue weighted by atomic mass is 9.63. The number of amides is 1. The van der Waals surface area contributed by atoms with Crippen LogP contribution in [0.15, 0.2) is 54.6 Å². The van der Waals surface area contributed by atoms with Crippen molar-refractivity contribution in [3.63, 3.8) is 0 Å². The van der Waals surface area contributed by atoms with Crippen molar-refractivity contribution in [3.05, 3.63) is 71.3 Å². The Morgan fingerprint density at radius 3 is 2.39 bits per heavy atom. The van der Waals surface area contributed by atoms with Crippen molar-refractivity contribution in [1.82, 2.24) is 10.6 Å². The summed E-state index contributed by atoms with van der Waals surface area (Å²) in [6, 6.07) is 17.6. The van der Waals surface area contributed by atoms with Crippen LogP contribution in [0.3, 0.4) is 0 Å². The Bertz CT molecular complexity index is 1140. The first-order chi connectivity index (χ1) is 18.1. The molecule has 2 unspecified atom stereocenters. The number of Topliss-reactive ketones (excluding diaryl/α,β-unsaturated/α-hetero) is 1. The quantitative estimate of drug-likeness (QED) is 0.359. The van der Waals surface area contributed by atoms with E-state index in [0.717, 1.165) is 44.3 Å². The van der Waals surface area contributed by atoms with Crippen LogP contribution in [0.1, 0.15) is 75.0 Å². The number of nitrogens with one attached hydrogen (secondary N) is 2. The van der Waals surface area contributed by atoms with Crippen LogP contribution < -0.4 is 16.4 Å². The van der Waals surface area contributed by atoms with Gasteiger partial charge in [0.05, 0.1) is 11.6 Å². The van der Waals surface area contributed by atoms with Crippen molar-refractivity contribution in [2.45, 2.75) is 81.7 Å². The number of carbonyl (C=O) groups is 3. The van der Waals surface area contributed by atoms with Crippen LogP contribution in [0.4, 0.5) is 0 Å². The van der Waals surface area contributed by atoms with E-state index in [-0.39, 0.29) is 29.4 Å². The number of carboxylic acid groups (broad SMARTS) is 1. The van der Waals surface area contributed by atoms with Crippen LogP contribution in [-0.4, -0.2) is 47.4 Å². The fourth-order valence-corrected chi connectivity index (χ4v) is 6.53. The molecule has 0 saturated carbocycles. The second-order valence-electron chi connectivity index (χ2n) is 11.5. The van der Waals surface area contributed by atoms with Gasteiger partial charge in [-0.15, -0.1) is 0 Å². The van der Waals surface area contributed by atoms with E-state index in [1.807, 2.05) is 30.3 Å². The van der Waals surface area contributed by atoms with Crippen molar-refractivity contribution >= 4 is 17.7 Å². The summed E-state index contributed by atoms with van der Waals surface area (Å²) in [5.41, 5.74) is 8.07. The van der Waals surface area contributed by atoms with Gasteiger partial charge in [0, 0.05) is 17.8 Å². The molecule has 0 bridgehead atoms. The summed E-state index contributed by atoms with van der Waals surface area (Å²) in [6.45, 7) is 4.88. The van der Waals surface area contributed by atoms with Crippen LogP contribution in [0.5, 0.6) is 0 Å². The molecule has 5 N–H and O–H groups in total. The summed E-state index contributed by atoms with van der Waals surface area (Å²) in [6.07, 6.45) is 4.04. The van der Waals surface area contributed by atoms with Gasteiger partial charge in [-0.2, -0.15) is 0 Å². The maximum Gasteiger partial charge on any atom is 0.303 e. The van der Waals surface area contributed by atoms with Gasteiger partial charge in [-0.1, -0.05) is 54.6 Å². The summed E-state index contributed by atoms with van der Waals surface area (Å²) in [5, 5.41) is 16.0. The molecule has 1 aliphatic carbocycles. The maximum atomic E-state index is 14.6. The van der Waals surface area contributed by atoms with Gasteiger partial charge < -0.3 is 21.5 Å². The first-order valence-corrected chi connectivity index (χ1v) is 13.8. The lowest BCUT2D eigenvalue weighted by Gasteiger charge is -2.42. The number of carboxylic acids is 1. The molecule has 0 aromatic heterocycles. The zero-order valence-corrected chi connectivity index (χ0v) is 22.5. The monoisotopic (exact) mass is 519 g/mol. The van der Waals surface area contributed by atoms with Gasteiger partial charge in [-0.3, -0.25) is 14.4 Å². The third-order valence-corrected chi connectivity index (χ3v) is 8.40. The van der Waals surface area contributed by atoms with Crippen LogP contribution in [0, 0.1) is 5.92 Å². The summed E-state index contributed by atoms with van der Waals surface area (Å²) in [7, 11) is 0. The van der Waals surface area contributed by atoms with E-state index in [1.165, 1.54) is 11.1 Å². The Morgan fingerprint density at radius 1 is 1.08 bits per heavy atom. The van der Waals surface area contributed by atoms with Crippen molar-refractivity contribution in [2.75, 3.05) is 13.1 Å². The number of ketones is 1. The smallest absolute Gasteiger partial charge is 0.303 e. The van der Waals surface area contributed by atoms with Crippen molar-refractivity contribution in [1.29, 1.82) is 0 Å². The largest absolute Gasteiger partial charge is 0.481 e. The fraction of sp³-hybridized carbons (Fsp3) is 0.516. The van der Waals surface area contributed by atoms with Crippen LogP contribution in [0.25, 0.3) is 0 Å². The van der Waals surface area contributed by atoms with E-state index in [1.54, 1.807) is 13.8 Å². The molecule has 1 saturated heterocycles. The molecule has 1 heterocycles. The Kier molecular flexibility index (Phi) is 8.68. The molecule has 38 heavy (non-hydrogen) atoms. The van der Waals surface area contributed by atoms with Gasteiger partial charge in [-0.25, -0.2) is 0 Å². The summed E-state index contributed by atoms with van der Waals surface area (Å²) < 4.78 is 0. The second kappa shape index (κ2) is 11.8. The minimum Gasteiger partial charge on any atom is -0.481 e. The zero-order chi connectivity index (χ0) is 27.3. The van der Waals surface area contributed by atoms with Crippen molar-refractivity contribution in [2.24, 2.45) is 11.7 Å². The van der Waals surface area contributed by atoms with E-state index in [0.29, 0.717) is 12.8 Å². The number of hydrogen-bond donors (Lipinski definition) is 4.